The number of nitrogens with zero attached hydrogens (tertiary/aromatic N) is 1. The van der Waals surface area contributed by atoms with Crippen LogP contribution in [0.5, 0.6) is 0 Å². The number of carbonyl (C=O) groups is 1. The van der Waals surface area contributed by atoms with Gasteiger partial charge in [0.25, 0.3) is 0 Å². The minimum absolute atomic E-state index is 0.311. The number of hydrogen-bond acceptors (Lipinski definition) is 4. The van der Waals surface area contributed by atoms with E-state index in [2.05, 4.69) is 23.5 Å². The van der Waals surface area contributed by atoms with Crippen LogP contribution in [0.2, 0.25) is 0 Å². The lowest BCUT2D eigenvalue weighted by molar-refractivity contribution is -0.162. The fourth-order valence-corrected chi connectivity index (χ4v) is 1.52. The van der Waals surface area contributed by atoms with E-state index in [1.807, 2.05) is 6.92 Å². The minimum Gasteiger partial charge on any atom is -0.467 e. The van der Waals surface area contributed by atoms with E-state index in [1.165, 1.54) is 14.0 Å². The summed E-state index contributed by atoms with van der Waals surface area (Å²) in [5.74, 6) is -0.579. The summed E-state index contributed by atoms with van der Waals surface area (Å²) < 4.78 is 4.56. The topological polar surface area (TPSA) is 49.8 Å². The molecular weight excluding hydrogens is 194 g/mol. The lowest BCUT2D eigenvalue weighted by Gasteiger charge is -2.32. The van der Waals surface area contributed by atoms with Crippen LogP contribution in [-0.4, -0.2) is 47.8 Å². The monoisotopic (exact) mass is 217 g/mol. The lowest BCUT2D eigenvalue weighted by atomic mass is 10.1. The Labute approximate surface area is 92.2 Å². The normalized spacial score (nSPS) is 17.3. The van der Waals surface area contributed by atoms with Crippen molar-refractivity contribution >= 4 is 5.97 Å². The third kappa shape index (κ3) is 4.18. The van der Waals surface area contributed by atoms with Gasteiger partial charge in [0.2, 0.25) is 0 Å². The zero-order valence-corrected chi connectivity index (χ0v) is 10.4. The predicted molar refractivity (Wildman–Crippen MR) is 59.6 cm³/mol. The van der Waals surface area contributed by atoms with Crippen molar-refractivity contribution in [2.75, 3.05) is 20.2 Å². The van der Waals surface area contributed by atoms with Crippen molar-refractivity contribution in [3.63, 3.8) is 0 Å². The molecule has 0 aliphatic rings. The molecule has 0 spiro atoms. The molecule has 0 radical (unpaired) electrons. The van der Waals surface area contributed by atoms with Crippen LogP contribution in [0, 0.1) is 0 Å². The van der Waals surface area contributed by atoms with Gasteiger partial charge in [-0.05, 0) is 26.8 Å². The van der Waals surface area contributed by atoms with Crippen LogP contribution >= 0.6 is 0 Å². The van der Waals surface area contributed by atoms with E-state index < -0.39 is 11.6 Å². The molecule has 0 fully saturated rings. The zero-order valence-electron chi connectivity index (χ0n) is 10.4. The molecule has 0 saturated carbocycles. The molecule has 0 heterocycles. The summed E-state index contributed by atoms with van der Waals surface area (Å²) in [5.41, 5.74) is -1.42. The SMILES string of the molecule is CCC(C)N(CC)CC(C)(O)C(=O)OC. The molecule has 0 aliphatic heterocycles. The molecule has 0 rings (SSSR count). The highest BCUT2D eigenvalue weighted by molar-refractivity contribution is 5.78. The maximum absolute atomic E-state index is 11.3. The molecule has 4 nitrogen and oxygen atoms in total. The van der Waals surface area contributed by atoms with Gasteiger partial charge in [0.15, 0.2) is 5.60 Å². The van der Waals surface area contributed by atoms with E-state index >= 15 is 0 Å². The van der Waals surface area contributed by atoms with E-state index in [0.29, 0.717) is 12.6 Å². The van der Waals surface area contributed by atoms with E-state index in [4.69, 9.17) is 0 Å². The standard InChI is InChI=1S/C11H23NO3/c1-6-9(3)12(7-2)8-11(4,14)10(13)15-5/h9,14H,6-8H2,1-5H3. The first kappa shape index (κ1) is 14.4. The second-order valence-corrected chi connectivity index (χ2v) is 4.09. The van der Waals surface area contributed by atoms with Crippen molar-refractivity contribution in [3.8, 4) is 0 Å². The summed E-state index contributed by atoms with van der Waals surface area (Å²) in [4.78, 5) is 13.4. The molecule has 90 valence electrons. The smallest absolute Gasteiger partial charge is 0.338 e. The van der Waals surface area contributed by atoms with E-state index in [9.17, 15) is 9.90 Å². The maximum Gasteiger partial charge on any atom is 0.338 e. The molecule has 0 saturated heterocycles. The van der Waals surface area contributed by atoms with E-state index in [-0.39, 0.29) is 0 Å². The number of carbonyl (C=O) groups excluding carboxylic acids is 1. The molecule has 1 N–H and O–H groups in total. The summed E-state index contributed by atoms with van der Waals surface area (Å²) in [6.07, 6.45) is 0.991. The average molecular weight is 217 g/mol. The van der Waals surface area contributed by atoms with Crippen LogP contribution < -0.4 is 0 Å². The van der Waals surface area contributed by atoms with Gasteiger partial charge in [-0.3, -0.25) is 4.90 Å². The number of methoxy groups -OCH3 is 1. The largest absolute Gasteiger partial charge is 0.467 e. The highest BCUT2D eigenvalue weighted by Crippen LogP contribution is 2.12. The summed E-state index contributed by atoms with van der Waals surface area (Å²) in [6, 6.07) is 0.353. The molecular formula is C11H23NO3. The Bertz CT molecular complexity index is 204. The van der Waals surface area contributed by atoms with Crippen molar-refractivity contribution in [1.82, 2.24) is 4.90 Å². The van der Waals surface area contributed by atoms with Crippen molar-refractivity contribution in [1.29, 1.82) is 0 Å². The van der Waals surface area contributed by atoms with Crippen molar-refractivity contribution in [2.24, 2.45) is 0 Å². The molecule has 0 aromatic heterocycles. The Balaban J connectivity index is 4.46. The summed E-state index contributed by atoms with van der Waals surface area (Å²) in [7, 11) is 1.29. The van der Waals surface area contributed by atoms with Gasteiger partial charge < -0.3 is 9.84 Å². The summed E-state index contributed by atoms with van der Waals surface area (Å²) >= 11 is 0. The van der Waals surface area contributed by atoms with Gasteiger partial charge in [0.05, 0.1) is 7.11 Å². The molecule has 0 aromatic carbocycles. The van der Waals surface area contributed by atoms with Crippen molar-refractivity contribution in [2.45, 2.75) is 45.8 Å². The fraction of sp³-hybridized carbons (Fsp3) is 0.909. The third-order valence-corrected chi connectivity index (χ3v) is 2.76. The second-order valence-electron chi connectivity index (χ2n) is 4.09. The van der Waals surface area contributed by atoms with Crippen LogP contribution in [0.1, 0.15) is 34.1 Å². The van der Waals surface area contributed by atoms with Gasteiger partial charge in [-0.25, -0.2) is 4.79 Å². The summed E-state index contributed by atoms with van der Waals surface area (Å²) in [5, 5.41) is 9.91. The Morgan fingerprint density at radius 1 is 1.53 bits per heavy atom. The molecule has 0 aromatic rings. The number of aliphatic hydroxyl groups is 1. The minimum atomic E-state index is -1.42. The Hall–Kier alpha value is -0.610. The Kier molecular flexibility index (Phi) is 5.83. The van der Waals surface area contributed by atoms with Gasteiger partial charge in [-0.15, -0.1) is 0 Å². The van der Waals surface area contributed by atoms with Gasteiger partial charge in [-0.1, -0.05) is 13.8 Å². The Morgan fingerprint density at radius 2 is 2.07 bits per heavy atom. The average Bonchev–Trinajstić information content (AvgIpc) is 2.23. The predicted octanol–water partition coefficient (Wildman–Crippen LogP) is 1.03. The van der Waals surface area contributed by atoms with E-state index in [0.717, 1.165) is 13.0 Å². The molecule has 0 bridgehead atoms. The quantitative estimate of drug-likeness (QED) is 0.675. The first-order valence-electron chi connectivity index (χ1n) is 5.43. The molecule has 0 aliphatic carbocycles. The summed E-state index contributed by atoms with van der Waals surface area (Å²) in [6.45, 7) is 8.79. The molecule has 4 heteroatoms. The first-order valence-corrected chi connectivity index (χ1v) is 5.43. The number of esters is 1. The third-order valence-electron chi connectivity index (χ3n) is 2.76. The Morgan fingerprint density at radius 3 is 2.40 bits per heavy atom. The van der Waals surface area contributed by atoms with Crippen molar-refractivity contribution < 1.29 is 14.6 Å². The van der Waals surface area contributed by atoms with Crippen LogP contribution in [0.4, 0.5) is 0 Å². The van der Waals surface area contributed by atoms with Gasteiger partial charge in [0, 0.05) is 12.6 Å². The van der Waals surface area contributed by atoms with Gasteiger partial charge in [0.1, 0.15) is 0 Å². The van der Waals surface area contributed by atoms with Gasteiger partial charge >= 0.3 is 5.97 Å². The van der Waals surface area contributed by atoms with Crippen LogP contribution in [0.15, 0.2) is 0 Å². The molecule has 2 unspecified atom stereocenters. The van der Waals surface area contributed by atoms with E-state index in [1.54, 1.807) is 0 Å². The number of hydrogen-bond donors (Lipinski definition) is 1. The van der Waals surface area contributed by atoms with Crippen LogP contribution in [-0.2, 0) is 9.53 Å². The highest BCUT2D eigenvalue weighted by Gasteiger charge is 2.34. The first-order chi connectivity index (χ1) is 6.88. The van der Waals surface area contributed by atoms with Crippen LogP contribution in [0.3, 0.4) is 0 Å². The number of ether oxygens (including phenoxy) is 1. The second kappa shape index (κ2) is 6.08. The zero-order chi connectivity index (χ0) is 12.1. The maximum atomic E-state index is 11.3. The molecule has 15 heavy (non-hydrogen) atoms. The fourth-order valence-electron chi connectivity index (χ4n) is 1.52. The molecule has 2 atom stereocenters. The van der Waals surface area contributed by atoms with Crippen molar-refractivity contribution in [3.05, 3.63) is 0 Å². The highest BCUT2D eigenvalue weighted by atomic mass is 16.5. The lowest BCUT2D eigenvalue weighted by Crippen LogP contribution is -2.49. The number of rotatable bonds is 6. The van der Waals surface area contributed by atoms with Crippen LogP contribution in [0.25, 0.3) is 0 Å². The molecule has 0 amide bonds. The van der Waals surface area contributed by atoms with Gasteiger partial charge in [-0.2, -0.15) is 0 Å². The number of likely N-dealkylation sites (N-methyl/N-ethyl adjacent to an activating group) is 1.